The molecule has 2 bridgehead atoms. The Balaban J connectivity index is 1.51. The van der Waals surface area contributed by atoms with E-state index in [0.717, 1.165) is 29.2 Å². The number of carbonyl (C=O) groups excluding carboxylic acids is 1. The molecule has 7 atom stereocenters. The maximum Gasteiger partial charge on any atom is 0.233 e. The normalized spacial score (nSPS) is 37.8. The summed E-state index contributed by atoms with van der Waals surface area (Å²) in [5, 5.41) is 10.8. The van der Waals surface area contributed by atoms with E-state index in [1.165, 1.54) is 0 Å². The first kappa shape index (κ1) is 18.2. The lowest BCUT2D eigenvalue weighted by atomic mass is 9.75. The number of benzene rings is 2. The van der Waals surface area contributed by atoms with Crippen LogP contribution in [0.1, 0.15) is 18.9 Å². The highest BCUT2D eigenvalue weighted by Gasteiger charge is 2.79. The van der Waals surface area contributed by atoms with Crippen LogP contribution in [0.25, 0.3) is 0 Å². The largest absolute Gasteiger partial charge is 0.497 e. The van der Waals surface area contributed by atoms with Crippen LogP contribution in [-0.4, -0.2) is 36.9 Å². The molecule has 2 saturated carbocycles. The van der Waals surface area contributed by atoms with Gasteiger partial charge in [-0.15, -0.1) is 0 Å². The number of hydrogen-bond donors (Lipinski definition) is 1. The summed E-state index contributed by atoms with van der Waals surface area (Å²) in [7, 11) is 1.64. The quantitative estimate of drug-likeness (QED) is 0.826. The molecule has 2 aromatic rings. The first-order valence-corrected chi connectivity index (χ1v) is 10.7. The number of anilines is 1. The molecule has 1 N–H and O–H groups in total. The van der Waals surface area contributed by atoms with Crippen molar-refractivity contribution in [3.05, 3.63) is 54.1 Å². The molecule has 6 heteroatoms. The molecule has 4 fully saturated rings. The fourth-order valence-electron chi connectivity index (χ4n) is 6.55. The van der Waals surface area contributed by atoms with E-state index in [1.807, 2.05) is 60.4 Å². The Labute approximate surface area is 175 Å². The van der Waals surface area contributed by atoms with Gasteiger partial charge in [0.05, 0.1) is 31.8 Å². The molecule has 6 rings (SSSR count). The van der Waals surface area contributed by atoms with Crippen LogP contribution in [0.4, 0.5) is 5.69 Å². The van der Waals surface area contributed by atoms with Gasteiger partial charge in [-0.1, -0.05) is 12.1 Å². The zero-order chi connectivity index (χ0) is 20.6. The predicted octanol–water partition coefficient (Wildman–Crippen LogP) is 2.94. The number of hydrogen-bond acceptors (Lipinski definition) is 5. The molecule has 0 radical (unpaired) electrons. The standard InChI is InChI=1S/C24H25NO5/c1-3-29-16-10-6-14(7-11-16)25-23(27)19-17-12-18-20(19)24(25,30-22(18)21(17)26)13-4-8-15(28-2)9-5-13/h4-11,17-22,26H,3,12H2,1-2H3. The summed E-state index contributed by atoms with van der Waals surface area (Å²) in [4.78, 5) is 15.6. The number of aliphatic hydroxyl groups is 1. The molecule has 1 amide bonds. The second-order valence-corrected chi connectivity index (χ2v) is 8.71. The summed E-state index contributed by atoms with van der Waals surface area (Å²) >= 11 is 0. The van der Waals surface area contributed by atoms with Crippen LogP contribution in [0.5, 0.6) is 11.5 Å². The first-order valence-electron chi connectivity index (χ1n) is 10.7. The zero-order valence-electron chi connectivity index (χ0n) is 17.0. The third kappa shape index (κ3) is 2.08. The molecule has 2 heterocycles. The van der Waals surface area contributed by atoms with Gasteiger partial charge in [0.1, 0.15) is 11.5 Å². The van der Waals surface area contributed by atoms with Gasteiger partial charge in [0.2, 0.25) is 5.91 Å². The highest BCUT2D eigenvalue weighted by atomic mass is 16.6. The summed E-state index contributed by atoms with van der Waals surface area (Å²) in [5.74, 6) is 1.59. The van der Waals surface area contributed by atoms with Crippen molar-refractivity contribution in [3.8, 4) is 11.5 Å². The molecule has 30 heavy (non-hydrogen) atoms. The number of methoxy groups -OCH3 is 1. The van der Waals surface area contributed by atoms with Crippen LogP contribution in [0.2, 0.25) is 0 Å². The third-order valence-corrected chi connectivity index (χ3v) is 7.57. The lowest BCUT2D eigenvalue weighted by Gasteiger charge is -2.39. The van der Waals surface area contributed by atoms with E-state index in [9.17, 15) is 9.90 Å². The Morgan fingerprint density at radius 2 is 1.80 bits per heavy atom. The Hall–Kier alpha value is -2.57. The number of carbonyl (C=O) groups is 1. The molecule has 0 spiro atoms. The summed E-state index contributed by atoms with van der Waals surface area (Å²) in [5.41, 5.74) is 0.825. The second-order valence-electron chi connectivity index (χ2n) is 8.71. The van der Waals surface area contributed by atoms with Crippen molar-refractivity contribution < 1.29 is 24.1 Å². The van der Waals surface area contributed by atoms with E-state index in [4.69, 9.17) is 14.2 Å². The van der Waals surface area contributed by atoms with Crippen LogP contribution >= 0.6 is 0 Å². The molecule has 2 aliphatic carbocycles. The van der Waals surface area contributed by atoms with Gasteiger partial charge in [-0.05, 0) is 61.6 Å². The van der Waals surface area contributed by atoms with Crippen LogP contribution < -0.4 is 14.4 Å². The zero-order valence-corrected chi connectivity index (χ0v) is 17.0. The molecular formula is C24H25NO5. The minimum atomic E-state index is -0.900. The number of nitrogens with zero attached hydrogens (tertiary/aromatic N) is 1. The van der Waals surface area contributed by atoms with Crippen molar-refractivity contribution in [2.24, 2.45) is 23.7 Å². The topological polar surface area (TPSA) is 68.2 Å². The van der Waals surface area contributed by atoms with Crippen molar-refractivity contribution in [2.45, 2.75) is 31.3 Å². The fourth-order valence-corrected chi connectivity index (χ4v) is 6.55. The SMILES string of the molecule is CCOc1ccc(N2C(=O)C3C4CC5C(OC2(c2ccc(OC)cc2)C53)C4O)cc1. The van der Waals surface area contributed by atoms with Crippen molar-refractivity contribution in [3.63, 3.8) is 0 Å². The highest BCUT2D eigenvalue weighted by molar-refractivity contribution is 6.00. The average Bonchev–Trinajstić information content (AvgIpc) is 3.45. The van der Waals surface area contributed by atoms with E-state index in [2.05, 4.69) is 0 Å². The van der Waals surface area contributed by atoms with Crippen LogP contribution in [0, 0.1) is 23.7 Å². The van der Waals surface area contributed by atoms with E-state index < -0.39 is 11.8 Å². The minimum Gasteiger partial charge on any atom is -0.497 e. The van der Waals surface area contributed by atoms with Crippen LogP contribution in [0.15, 0.2) is 48.5 Å². The predicted molar refractivity (Wildman–Crippen MR) is 109 cm³/mol. The van der Waals surface area contributed by atoms with Crippen molar-refractivity contribution in [1.82, 2.24) is 0 Å². The number of aliphatic hydroxyl groups excluding tert-OH is 1. The Morgan fingerprint density at radius 3 is 2.47 bits per heavy atom. The minimum absolute atomic E-state index is 0.0229. The third-order valence-electron chi connectivity index (χ3n) is 7.57. The monoisotopic (exact) mass is 407 g/mol. The average molecular weight is 407 g/mol. The summed E-state index contributed by atoms with van der Waals surface area (Å²) < 4.78 is 17.6. The lowest BCUT2D eigenvalue weighted by Crippen LogP contribution is -2.49. The molecular weight excluding hydrogens is 382 g/mol. The smallest absolute Gasteiger partial charge is 0.233 e. The van der Waals surface area contributed by atoms with Crippen LogP contribution in [0.3, 0.4) is 0 Å². The molecule has 0 aromatic heterocycles. The van der Waals surface area contributed by atoms with Crippen LogP contribution in [-0.2, 0) is 15.3 Å². The summed E-state index contributed by atoms with van der Waals surface area (Å²) in [6.45, 7) is 2.54. The summed E-state index contributed by atoms with van der Waals surface area (Å²) in [6.07, 6.45) is 0.0709. The van der Waals surface area contributed by atoms with Gasteiger partial charge >= 0.3 is 0 Å². The van der Waals surface area contributed by atoms with Crippen molar-refractivity contribution in [1.29, 1.82) is 0 Å². The fraction of sp³-hybridized carbons (Fsp3) is 0.458. The van der Waals surface area contributed by atoms with E-state index >= 15 is 0 Å². The number of fused-ring (bicyclic) bond motifs is 2. The first-order chi connectivity index (χ1) is 14.6. The lowest BCUT2D eigenvalue weighted by molar-refractivity contribution is -0.133. The van der Waals surface area contributed by atoms with E-state index in [0.29, 0.717) is 6.61 Å². The van der Waals surface area contributed by atoms with Gasteiger partial charge in [0, 0.05) is 17.2 Å². The van der Waals surface area contributed by atoms with Gasteiger partial charge in [-0.3, -0.25) is 9.69 Å². The van der Waals surface area contributed by atoms with E-state index in [1.54, 1.807) is 7.11 Å². The van der Waals surface area contributed by atoms with Crippen molar-refractivity contribution in [2.75, 3.05) is 18.6 Å². The second kappa shape index (κ2) is 6.22. The Bertz CT molecular complexity index is 990. The molecule has 2 saturated heterocycles. The maximum absolute atomic E-state index is 13.7. The van der Waals surface area contributed by atoms with Crippen molar-refractivity contribution >= 4 is 11.6 Å². The Morgan fingerprint density at radius 1 is 1.10 bits per heavy atom. The van der Waals surface area contributed by atoms with E-state index in [-0.39, 0.29) is 35.7 Å². The molecule has 7 unspecified atom stereocenters. The highest BCUT2D eigenvalue weighted by Crippen LogP contribution is 2.70. The number of ether oxygens (including phenoxy) is 3. The summed E-state index contributed by atoms with van der Waals surface area (Å²) in [6, 6.07) is 15.4. The molecule has 2 aliphatic heterocycles. The van der Waals surface area contributed by atoms with Gasteiger partial charge in [-0.2, -0.15) is 0 Å². The molecule has 4 aliphatic rings. The number of amides is 1. The molecule has 156 valence electrons. The van der Waals surface area contributed by atoms with Gasteiger partial charge in [-0.25, -0.2) is 0 Å². The molecule has 6 nitrogen and oxygen atoms in total. The number of rotatable bonds is 5. The Kier molecular flexibility index (Phi) is 3.78. The molecule has 2 aromatic carbocycles. The maximum atomic E-state index is 13.7. The van der Waals surface area contributed by atoms with Gasteiger partial charge in [0.15, 0.2) is 5.72 Å². The van der Waals surface area contributed by atoms with Gasteiger partial charge in [0.25, 0.3) is 0 Å². The van der Waals surface area contributed by atoms with Gasteiger partial charge < -0.3 is 19.3 Å².